The summed E-state index contributed by atoms with van der Waals surface area (Å²) in [5.41, 5.74) is 0.722. The number of amides is 2. The Balaban J connectivity index is 0.000000406. The van der Waals surface area contributed by atoms with Crippen LogP contribution in [0.15, 0.2) is 30.3 Å². The van der Waals surface area contributed by atoms with Gasteiger partial charge in [-0.15, -0.1) is 0 Å². The fourth-order valence-electron chi connectivity index (χ4n) is 4.67. The predicted octanol–water partition coefficient (Wildman–Crippen LogP) is 3.95. The Morgan fingerprint density at radius 3 is 1.79 bits per heavy atom. The number of unbranched alkanes of at least 4 members (excludes halogenated alkanes) is 4. The molecule has 1 aliphatic rings. The normalized spacial score (nSPS) is 17.2. The van der Waals surface area contributed by atoms with Crippen LogP contribution in [-0.4, -0.2) is 83.7 Å². The van der Waals surface area contributed by atoms with Crippen molar-refractivity contribution >= 4 is 22.3 Å². The van der Waals surface area contributed by atoms with Crippen LogP contribution >= 0.6 is 0 Å². The van der Waals surface area contributed by atoms with E-state index in [9.17, 15) is 22.6 Å². The summed E-state index contributed by atoms with van der Waals surface area (Å²) in [7, 11) is -5.02. The molecule has 0 radical (unpaired) electrons. The Kier molecular flexibility index (Phi) is 16.2. The molecule has 2 atom stereocenters. The average Bonchev–Trinajstić information content (AvgIpc) is 2.92. The van der Waals surface area contributed by atoms with Crippen LogP contribution in [0, 0.1) is 0 Å². The Morgan fingerprint density at radius 1 is 0.949 bits per heavy atom. The van der Waals surface area contributed by atoms with Crippen molar-refractivity contribution < 1.29 is 36.9 Å². The molecule has 1 heterocycles. The molecule has 2 unspecified atom stereocenters. The van der Waals surface area contributed by atoms with Crippen molar-refractivity contribution in [2.75, 3.05) is 32.8 Å². The van der Waals surface area contributed by atoms with Crippen LogP contribution in [-0.2, 0) is 26.4 Å². The van der Waals surface area contributed by atoms with E-state index in [1.807, 2.05) is 0 Å². The molecular formula is C28H49N3O7S. The molecule has 224 valence electrons. The summed E-state index contributed by atoms with van der Waals surface area (Å²) < 4.78 is 38.8. The number of ether oxygens (including phenoxy) is 1. The van der Waals surface area contributed by atoms with Gasteiger partial charge in [-0.25, -0.2) is 17.5 Å². The second-order valence-electron chi connectivity index (χ2n) is 10.2. The van der Waals surface area contributed by atoms with E-state index in [2.05, 4.69) is 33.0 Å². The van der Waals surface area contributed by atoms with Crippen molar-refractivity contribution in [2.24, 2.45) is 0 Å². The molecule has 1 fully saturated rings. The lowest BCUT2D eigenvalue weighted by molar-refractivity contribution is -0.929. The van der Waals surface area contributed by atoms with Gasteiger partial charge >= 0.3 is 6.09 Å². The second kappa shape index (κ2) is 18.2. The highest BCUT2D eigenvalue weighted by atomic mass is 32.2. The summed E-state index contributed by atoms with van der Waals surface area (Å²) >= 11 is 0. The van der Waals surface area contributed by atoms with Crippen molar-refractivity contribution in [2.45, 2.75) is 97.8 Å². The van der Waals surface area contributed by atoms with Gasteiger partial charge in [0.2, 0.25) is 0 Å². The molecular weight excluding hydrogens is 522 g/mol. The van der Waals surface area contributed by atoms with Gasteiger partial charge in [-0.1, -0.05) is 83.7 Å². The van der Waals surface area contributed by atoms with Gasteiger partial charge in [0.05, 0.1) is 38.8 Å². The maximum absolute atomic E-state index is 11.6. The number of aliphatic hydroxyl groups is 1. The number of nitrogens with zero attached hydrogens (tertiary/aromatic N) is 2. The first-order valence-electron chi connectivity index (χ1n) is 14.3. The molecule has 39 heavy (non-hydrogen) atoms. The van der Waals surface area contributed by atoms with Crippen LogP contribution in [0.1, 0.15) is 84.6 Å². The minimum Gasteiger partial charge on any atom is -0.731 e. The molecule has 1 aliphatic heterocycles. The smallest absolute Gasteiger partial charge is 0.408 e. The van der Waals surface area contributed by atoms with E-state index >= 15 is 0 Å². The Labute approximate surface area is 235 Å². The number of hydrogen-bond donors (Lipinski definition) is 2. The van der Waals surface area contributed by atoms with Gasteiger partial charge in [0.25, 0.3) is 5.91 Å². The lowest BCUT2D eigenvalue weighted by atomic mass is 10.0. The van der Waals surface area contributed by atoms with E-state index in [0.717, 1.165) is 5.56 Å². The summed E-state index contributed by atoms with van der Waals surface area (Å²) in [5, 5.41) is 11.2. The van der Waals surface area contributed by atoms with Gasteiger partial charge in [0, 0.05) is 0 Å². The number of benzene rings is 1. The minimum atomic E-state index is -5.02. The van der Waals surface area contributed by atoms with E-state index in [1.54, 1.807) is 30.3 Å². The Hall–Kier alpha value is -2.21. The number of nitrogens with one attached hydrogen (secondary N) is 1. The summed E-state index contributed by atoms with van der Waals surface area (Å²) in [4.78, 5) is 23.1. The lowest BCUT2D eigenvalue weighted by Gasteiger charge is -2.46. The van der Waals surface area contributed by atoms with E-state index in [4.69, 9.17) is 9.84 Å². The van der Waals surface area contributed by atoms with E-state index in [-0.39, 0.29) is 10.9 Å². The highest BCUT2D eigenvalue weighted by Crippen LogP contribution is 2.23. The first-order valence-corrected chi connectivity index (χ1v) is 15.7. The number of alkyl carbamates (subject to hydrolysis) is 1. The zero-order chi connectivity index (χ0) is 29.3. The monoisotopic (exact) mass is 571 g/mol. The molecule has 2 N–H and O–H groups in total. The van der Waals surface area contributed by atoms with Crippen LogP contribution in [0.2, 0.25) is 0 Å². The van der Waals surface area contributed by atoms with Crippen LogP contribution < -0.4 is 5.32 Å². The molecule has 0 aliphatic carbocycles. The van der Waals surface area contributed by atoms with Crippen LogP contribution in [0.3, 0.4) is 0 Å². The highest BCUT2D eigenvalue weighted by molar-refractivity contribution is 7.84. The highest BCUT2D eigenvalue weighted by Gasteiger charge is 2.51. The first kappa shape index (κ1) is 34.8. The summed E-state index contributed by atoms with van der Waals surface area (Å²) in [6.07, 6.45) is 10.1. The average molecular weight is 572 g/mol. The van der Waals surface area contributed by atoms with Gasteiger partial charge in [-0.3, -0.25) is 4.79 Å². The number of carbonyl (C=O) groups excluding carboxylic acids is 2. The SMILES string of the molecule is CCCC[N+](CCCC)(CCCC)CCCC.O=C(NC1C(=O)N(S(=O)(=O)[O-])C1CO)OCc1ccccc1. The van der Waals surface area contributed by atoms with Crippen molar-refractivity contribution in [1.82, 2.24) is 9.62 Å². The molecule has 2 rings (SSSR count). The zero-order valence-electron chi connectivity index (χ0n) is 24.1. The predicted molar refractivity (Wildman–Crippen MR) is 150 cm³/mol. The van der Waals surface area contributed by atoms with Gasteiger partial charge in [0.15, 0.2) is 10.3 Å². The third-order valence-electron chi connectivity index (χ3n) is 7.03. The molecule has 11 heteroatoms. The maximum Gasteiger partial charge on any atom is 0.408 e. The van der Waals surface area contributed by atoms with E-state index in [0.29, 0.717) is 0 Å². The molecule has 1 saturated heterocycles. The van der Waals surface area contributed by atoms with Crippen LogP contribution in [0.25, 0.3) is 0 Å². The number of aliphatic hydroxyl groups excluding tert-OH is 1. The molecule has 2 amide bonds. The van der Waals surface area contributed by atoms with Crippen molar-refractivity contribution in [3.8, 4) is 0 Å². The lowest BCUT2D eigenvalue weighted by Crippen LogP contribution is -2.73. The quantitative estimate of drug-likeness (QED) is 0.164. The maximum atomic E-state index is 11.6. The largest absolute Gasteiger partial charge is 0.731 e. The molecule has 1 aromatic carbocycles. The van der Waals surface area contributed by atoms with Crippen molar-refractivity contribution in [3.05, 3.63) is 35.9 Å². The third-order valence-corrected chi connectivity index (χ3v) is 7.96. The first-order chi connectivity index (χ1) is 18.6. The number of β-lactam (4-membered cyclic amide) rings is 1. The number of rotatable bonds is 17. The van der Waals surface area contributed by atoms with Crippen molar-refractivity contribution in [3.63, 3.8) is 0 Å². The Morgan fingerprint density at radius 2 is 1.41 bits per heavy atom. The van der Waals surface area contributed by atoms with Gasteiger partial charge in [-0.2, -0.15) is 0 Å². The number of quaternary nitrogens is 1. The summed E-state index contributed by atoms with van der Waals surface area (Å²) in [6, 6.07) is 6.13. The molecule has 0 bridgehead atoms. The molecule has 1 aromatic rings. The van der Waals surface area contributed by atoms with E-state index < -0.39 is 41.0 Å². The third kappa shape index (κ3) is 11.8. The zero-order valence-corrected chi connectivity index (χ0v) is 25.0. The Bertz CT molecular complexity index is 906. The number of carbonyl (C=O) groups is 2. The topological polar surface area (TPSA) is 136 Å². The van der Waals surface area contributed by atoms with Crippen molar-refractivity contribution in [1.29, 1.82) is 0 Å². The summed E-state index contributed by atoms with van der Waals surface area (Å²) in [5.74, 6) is -1.11. The fraction of sp³-hybridized carbons (Fsp3) is 0.714. The van der Waals surface area contributed by atoms with Crippen LogP contribution in [0.4, 0.5) is 4.79 Å². The molecule has 0 saturated carbocycles. The standard InChI is InChI=1S/C16H36N.C12H14N2O7S/c1-5-9-13-17(14-10-6-2,15-11-7-3)16-12-8-4;15-6-9-10(11(16)14(9)22(18,19)20)13-12(17)21-7-8-4-2-1-3-5-8/h5-16H2,1-4H3;1-5,9-10,15H,6-7H2,(H,13,17)(H,18,19,20)/q+1;/p-1. The fourth-order valence-corrected chi connectivity index (χ4v) is 5.52. The molecule has 0 spiro atoms. The summed E-state index contributed by atoms with van der Waals surface area (Å²) in [6.45, 7) is 14.2. The number of hydrogen-bond acceptors (Lipinski definition) is 7. The van der Waals surface area contributed by atoms with E-state index in [1.165, 1.54) is 82.0 Å². The minimum absolute atomic E-state index is 0.00482. The second-order valence-corrected chi connectivity index (χ2v) is 11.4. The van der Waals surface area contributed by atoms with Gasteiger partial charge < -0.3 is 24.2 Å². The van der Waals surface area contributed by atoms with Gasteiger partial charge in [0.1, 0.15) is 12.6 Å². The molecule has 0 aromatic heterocycles. The van der Waals surface area contributed by atoms with Gasteiger partial charge in [-0.05, 0) is 31.2 Å². The van der Waals surface area contributed by atoms with Crippen LogP contribution in [0.5, 0.6) is 0 Å². The molecule has 10 nitrogen and oxygen atoms in total.